The van der Waals surface area contributed by atoms with Gasteiger partial charge in [-0.15, -0.1) is 0 Å². The number of benzene rings is 7. The van der Waals surface area contributed by atoms with Crippen molar-refractivity contribution < 1.29 is 0 Å². The Morgan fingerprint density at radius 3 is 1.31 bits per heavy atom. The van der Waals surface area contributed by atoms with Crippen molar-refractivity contribution in [2.24, 2.45) is 47.3 Å². The van der Waals surface area contributed by atoms with Crippen LogP contribution in [0.2, 0.25) is 0 Å². The molecule has 10 aliphatic rings. The predicted molar refractivity (Wildman–Crippen MR) is 262 cm³/mol. The Morgan fingerprint density at radius 2 is 0.766 bits per heavy atom. The lowest BCUT2D eigenvalue weighted by atomic mass is 9.43. The van der Waals surface area contributed by atoms with Gasteiger partial charge in [0.15, 0.2) is 0 Å². The molecule has 0 atom stereocenters. The number of hydrogen-bond acceptors (Lipinski definition) is 1. The van der Waals surface area contributed by atoms with Gasteiger partial charge < -0.3 is 9.47 Å². The molecule has 2 spiro atoms. The molecular weight excluding hydrogens is 773 g/mol. The third-order valence-electron chi connectivity index (χ3n) is 19.5. The van der Waals surface area contributed by atoms with E-state index in [1.54, 1.807) is 22.3 Å². The van der Waals surface area contributed by atoms with Gasteiger partial charge >= 0.3 is 0 Å². The first-order valence-corrected chi connectivity index (χ1v) is 25.0. The van der Waals surface area contributed by atoms with E-state index in [0.29, 0.717) is 0 Å². The predicted octanol–water partition coefficient (Wildman–Crippen LogP) is 15.7. The summed E-state index contributed by atoms with van der Waals surface area (Å²) in [7, 11) is 0. The van der Waals surface area contributed by atoms with Gasteiger partial charge in [-0.2, -0.15) is 0 Å². The number of rotatable bonds is 4. The monoisotopic (exact) mass is 826 g/mol. The Bertz CT molecular complexity index is 3080. The van der Waals surface area contributed by atoms with Crippen molar-refractivity contribution in [2.75, 3.05) is 4.90 Å². The van der Waals surface area contributed by atoms with Crippen LogP contribution in [-0.2, 0) is 10.8 Å². The van der Waals surface area contributed by atoms with Crippen LogP contribution in [0.5, 0.6) is 0 Å². The fraction of sp³-hybridized carbons (Fsp3) is 0.323. The zero-order valence-electron chi connectivity index (χ0n) is 36.6. The largest absolute Gasteiger partial charge is 0.310 e. The second-order valence-electron chi connectivity index (χ2n) is 22.1. The van der Waals surface area contributed by atoms with Gasteiger partial charge in [-0.3, -0.25) is 0 Å². The van der Waals surface area contributed by atoms with Crippen LogP contribution in [0.25, 0.3) is 49.7 Å². The normalized spacial score (nSPS) is 31.6. The van der Waals surface area contributed by atoms with Crippen LogP contribution in [0.3, 0.4) is 0 Å². The molecule has 0 N–H and O–H groups in total. The van der Waals surface area contributed by atoms with Crippen LogP contribution >= 0.6 is 0 Å². The maximum atomic E-state index is 2.63. The van der Waals surface area contributed by atoms with Crippen molar-refractivity contribution in [1.82, 2.24) is 4.57 Å². The van der Waals surface area contributed by atoms with Gasteiger partial charge in [-0.25, -0.2) is 0 Å². The molecule has 64 heavy (non-hydrogen) atoms. The number of aromatic nitrogens is 1. The lowest BCUT2D eigenvalue weighted by Gasteiger charge is -2.61. The number of fused-ring (bicyclic) bond motifs is 9. The van der Waals surface area contributed by atoms with E-state index >= 15 is 0 Å². The molecule has 1 heterocycles. The summed E-state index contributed by atoms with van der Waals surface area (Å²) in [6.07, 6.45) is 14.2. The van der Waals surface area contributed by atoms with Crippen LogP contribution in [0.1, 0.15) is 86.5 Å². The van der Waals surface area contributed by atoms with Crippen molar-refractivity contribution in [3.63, 3.8) is 0 Å². The maximum Gasteiger partial charge on any atom is 0.0542 e. The van der Waals surface area contributed by atoms with Gasteiger partial charge in [0.2, 0.25) is 0 Å². The topological polar surface area (TPSA) is 8.17 Å². The third-order valence-corrected chi connectivity index (χ3v) is 19.5. The SMILES string of the molecule is c1ccc(-n2c3ccccc3c3cc(N(c4ccc5c(c4)-c4ccccc4[C@]54[C@@H]5CC6C[C@H](C5)C[C@H]4C6)c4ccc5c(c4)-c4ccccc4[C@]54[C@@H]5CC6C[C@@H](C5)C[C@@H]4C6)ccc32)cc1. The molecule has 18 rings (SSSR count). The summed E-state index contributed by atoms with van der Waals surface area (Å²) in [6, 6.07) is 62.0. The quantitative estimate of drug-likeness (QED) is 0.172. The van der Waals surface area contributed by atoms with Crippen molar-refractivity contribution in [2.45, 2.75) is 75.0 Å². The van der Waals surface area contributed by atoms with Gasteiger partial charge in [-0.1, -0.05) is 97.1 Å². The molecule has 8 saturated carbocycles. The average molecular weight is 827 g/mol. The third kappa shape index (κ3) is 4.35. The number of anilines is 3. The minimum absolute atomic E-state index is 0.158. The smallest absolute Gasteiger partial charge is 0.0542 e. The number of nitrogens with zero attached hydrogens (tertiary/aromatic N) is 2. The van der Waals surface area contributed by atoms with E-state index in [-0.39, 0.29) is 10.8 Å². The van der Waals surface area contributed by atoms with Crippen LogP contribution in [0.15, 0.2) is 158 Å². The summed E-state index contributed by atoms with van der Waals surface area (Å²) in [5.41, 5.74) is 20.2. The highest BCUT2D eigenvalue weighted by Gasteiger charge is 2.63. The van der Waals surface area contributed by atoms with Crippen molar-refractivity contribution >= 4 is 38.9 Å². The second-order valence-corrected chi connectivity index (χ2v) is 22.1. The molecule has 2 nitrogen and oxygen atoms in total. The Balaban J connectivity index is 0.921. The molecule has 8 fully saturated rings. The standard InChI is InChI=1S/C62H54N2/c1-2-10-45(11-3-1)64-59-17-9-6-14-51(59)54-36-48(20-23-60(54)64)63(46-18-21-57-52(34-46)49-12-4-7-15-55(49)61(57)41-26-37-24-38(28-41)29-42(61)27-37)47-19-22-58-53(35-47)50-13-5-8-16-56(50)62(58)43-30-39-25-40(32-43)33-44(62)31-39/h1-23,34-44H,24-33H2/t37-,38?,39-,40?,41-,42-,43-,44+,61-,62+/m0/s1. The summed E-state index contributed by atoms with van der Waals surface area (Å²) in [5, 5.41) is 2.58. The molecular formula is C62H54N2. The Morgan fingerprint density at radius 1 is 0.344 bits per heavy atom. The molecule has 8 aromatic rings. The maximum absolute atomic E-state index is 2.63. The Hall–Kier alpha value is -5.86. The van der Waals surface area contributed by atoms with Crippen LogP contribution in [-0.4, -0.2) is 4.57 Å². The van der Waals surface area contributed by atoms with Crippen LogP contribution < -0.4 is 4.90 Å². The first-order chi connectivity index (χ1) is 31.6. The average Bonchev–Trinajstić information content (AvgIpc) is 3.92. The Kier molecular flexibility index (Phi) is 6.92. The highest BCUT2D eigenvalue weighted by Crippen LogP contribution is 2.71. The van der Waals surface area contributed by atoms with Crippen molar-refractivity contribution in [3.05, 3.63) is 180 Å². The zero-order valence-corrected chi connectivity index (χ0v) is 36.6. The minimum Gasteiger partial charge on any atom is -0.310 e. The van der Waals surface area contributed by atoms with Gasteiger partial charge in [0, 0.05) is 44.4 Å². The molecule has 0 saturated heterocycles. The van der Waals surface area contributed by atoms with Crippen LogP contribution in [0, 0.1) is 47.3 Å². The molecule has 0 unspecified atom stereocenters. The van der Waals surface area contributed by atoms with E-state index in [0.717, 1.165) is 47.3 Å². The molecule has 2 heteroatoms. The lowest BCUT2D eigenvalue weighted by molar-refractivity contribution is -0.0399. The molecule has 0 amide bonds. The molecule has 1 aromatic heterocycles. The van der Waals surface area contributed by atoms with Gasteiger partial charge in [0.1, 0.15) is 0 Å². The minimum atomic E-state index is 0.158. The molecule has 10 aliphatic carbocycles. The van der Waals surface area contributed by atoms with Crippen molar-refractivity contribution in [3.8, 4) is 27.9 Å². The summed E-state index contributed by atoms with van der Waals surface area (Å²) >= 11 is 0. The molecule has 8 bridgehead atoms. The number of hydrogen-bond donors (Lipinski definition) is 0. The highest BCUT2D eigenvalue weighted by molar-refractivity contribution is 6.11. The van der Waals surface area contributed by atoms with Crippen LogP contribution in [0.4, 0.5) is 17.1 Å². The summed E-state index contributed by atoms with van der Waals surface area (Å²) < 4.78 is 2.45. The molecule has 312 valence electrons. The van der Waals surface area contributed by atoms with E-state index in [9.17, 15) is 0 Å². The highest BCUT2D eigenvalue weighted by atomic mass is 15.1. The van der Waals surface area contributed by atoms with Crippen molar-refractivity contribution in [1.29, 1.82) is 0 Å². The van der Waals surface area contributed by atoms with Gasteiger partial charge in [0.25, 0.3) is 0 Å². The van der Waals surface area contributed by atoms with E-state index in [1.807, 2.05) is 0 Å². The Labute approximate surface area is 377 Å². The van der Waals surface area contributed by atoms with Gasteiger partial charge in [-0.05, 0) is 217 Å². The first kappa shape index (κ1) is 35.5. The zero-order chi connectivity index (χ0) is 41.5. The van der Waals surface area contributed by atoms with E-state index in [4.69, 9.17) is 0 Å². The first-order valence-electron chi connectivity index (χ1n) is 25.0. The summed E-state index contributed by atoms with van der Waals surface area (Å²) in [4.78, 5) is 2.63. The molecule has 0 radical (unpaired) electrons. The molecule has 7 aromatic carbocycles. The second kappa shape index (κ2) is 12.5. The molecule has 0 aliphatic heterocycles. The van der Waals surface area contributed by atoms with E-state index in [1.165, 1.54) is 131 Å². The fourth-order valence-electron chi connectivity index (χ4n) is 18.0. The van der Waals surface area contributed by atoms with E-state index < -0.39 is 0 Å². The lowest BCUT2D eigenvalue weighted by Crippen LogP contribution is -2.55. The van der Waals surface area contributed by atoms with E-state index in [2.05, 4.69) is 167 Å². The summed E-state index contributed by atoms with van der Waals surface area (Å²) in [5.74, 6) is 6.76. The fourth-order valence-corrected chi connectivity index (χ4v) is 18.0. The number of para-hydroxylation sites is 2. The van der Waals surface area contributed by atoms with Gasteiger partial charge in [0.05, 0.1) is 11.0 Å². The summed E-state index contributed by atoms with van der Waals surface area (Å²) in [6.45, 7) is 0.